The van der Waals surface area contributed by atoms with Gasteiger partial charge in [0.05, 0.1) is 12.8 Å². The van der Waals surface area contributed by atoms with Gasteiger partial charge in [0.1, 0.15) is 0 Å². The van der Waals surface area contributed by atoms with Gasteiger partial charge in [-0.3, -0.25) is 28.6 Å². The molecule has 0 bridgehead atoms. The number of hydrogen-bond donors (Lipinski definition) is 1. The quantitative estimate of drug-likeness (QED) is 0.328. The monoisotopic (exact) mass is 455 g/mol. The first-order valence-electron chi connectivity index (χ1n) is 7.61. The Bertz CT molecular complexity index is 795. The lowest BCUT2D eigenvalue weighted by Gasteiger charge is -2.26. The number of nitrogens with zero attached hydrogens (tertiary/aromatic N) is 1. The van der Waals surface area contributed by atoms with E-state index in [-0.39, 0.29) is 13.0 Å². The number of amides is 2. The van der Waals surface area contributed by atoms with Crippen molar-refractivity contribution in [1.82, 2.24) is 4.90 Å². The van der Waals surface area contributed by atoms with E-state index in [1.165, 1.54) is 0 Å². The molecule has 1 rings (SSSR count). The van der Waals surface area contributed by atoms with Gasteiger partial charge in [0.25, 0.3) is 12.0 Å². The van der Waals surface area contributed by atoms with Gasteiger partial charge in [0.2, 0.25) is 5.91 Å². The Labute approximate surface area is 159 Å². The second-order valence-electron chi connectivity index (χ2n) is 5.72. The average molecular weight is 455 g/mol. The van der Waals surface area contributed by atoms with Gasteiger partial charge >= 0.3 is 33.5 Å². The summed E-state index contributed by atoms with van der Waals surface area (Å²) in [5.74, 6) is -4.79. The van der Waals surface area contributed by atoms with E-state index in [2.05, 4.69) is 9.47 Å². The van der Waals surface area contributed by atoms with Gasteiger partial charge in [0, 0.05) is 19.9 Å². The van der Waals surface area contributed by atoms with Crippen molar-refractivity contribution < 1.29 is 63.6 Å². The Hall–Kier alpha value is -2.36. The van der Waals surface area contributed by atoms with Crippen LogP contribution in [-0.4, -0.2) is 71.8 Å². The number of imide groups is 1. The first-order chi connectivity index (χ1) is 13.0. The minimum absolute atomic E-state index is 0.0495. The maximum Gasteiger partial charge on any atom is 0.432 e. The van der Waals surface area contributed by atoms with E-state index in [9.17, 15) is 49.5 Å². The van der Waals surface area contributed by atoms with Crippen molar-refractivity contribution in [2.75, 3.05) is 6.54 Å². The summed E-state index contributed by atoms with van der Waals surface area (Å²) in [5, 5.41) is -5.90. The topological polar surface area (TPSA) is 144 Å². The fourth-order valence-electron chi connectivity index (χ4n) is 2.15. The Morgan fingerprint density at radius 3 is 2.10 bits per heavy atom. The zero-order valence-electron chi connectivity index (χ0n) is 14.4. The molecule has 1 N–H and O–H groups in total. The SMILES string of the molecule is CC(=O)N1CCC(OC(=O)CCC(=O)OC(C(F)(F)F)C(F)(F)S(=O)(=O)O)C1=O. The molecular formula is C13H14F5NO9S. The first kappa shape index (κ1) is 24.7. The van der Waals surface area contributed by atoms with E-state index in [0.717, 1.165) is 11.8 Å². The molecule has 0 aromatic heterocycles. The number of carbonyl (C=O) groups is 4. The maximum atomic E-state index is 13.3. The van der Waals surface area contributed by atoms with Crippen LogP contribution in [0.5, 0.6) is 0 Å². The number of ether oxygens (including phenoxy) is 2. The molecule has 0 aliphatic carbocycles. The van der Waals surface area contributed by atoms with E-state index >= 15 is 0 Å². The maximum absolute atomic E-state index is 13.3. The summed E-state index contributed by atoms with van der Waals surface area (Å²) >= 11 is 0. The van der Waals surface area contributed by atoms with Crippen molar-refractivity contribution in [3.8, 4) is 0 Å². The lowest BCUT2D eigenvalue weighted by atomic mass is 10.3. The van der Waals surface area contributed by atoms with Gasteiger partial charge < -0.3 is 9.47 Å². The summed E-state index contributed by atoms with van der Waals surface area (Å²) in [5.41, 5.74) is 0. The Morgan fingerprint density at radius 2 is 1.69 bits per heavy atom. The van der Waals surface area contributed by atoms with Crippen molar-refractivity contribution in [3.63, 3.8) is 0 Å². The Morgan fingerprint density at radius 1 is 1.17 bits per heavy atom. The van der Waals surface area contributed by atoms with E-state index in [1.807, 2.05) is 0 Å². The second-order valence-corrected chi connectivity index (χ2v) is 7.22. The number of likely N-dealkylation sites (tertiary alicyclic amines) is 1. The van der Waals surface area contributed by atoms with Gasteiger partial charge in [0.15, 0.2) is 6.10 Å². The van der Waals surface area contributed by atoms with Crippen molar-refractivity contribution in [3.05, 3.63) is 0 Å². The minimum atomic E-state index is -6.59. The number of halogens is 5. The van der Waals surface area contributed by atoms with E-state index in [0.29, 0.717) is 0 Å². The summed E-state index contributed by atoms with van der Waals surface area (Å²) in [4.78, 5) is 46.6. The fourth-order valence-corrected chi connectivity index (χ4v) is 2.60. The van der Waals surface area contributed by atoms with Crippen LogP contribution < -0.4 is 0 Å². The van der Waals surface area contributed by atoms with Gasteiger partial charge in [-0.05, 0) is 0 Å². The zero-order valence-corrected chi connectivity index (χ0v) is 15.3. The summed E-state index contributed by atoms with van der Waals surface area (Å²) < 4.78 is 102. The third kappa shape index (κ3) is 6.06. The molecule has 0 saturated carbocycles. The summed E-state index contributed by atoms with van der Waals surface area (Å²) in [6.45, 7) is 1.03. The molecule has 10 nitrogen and oxygen atoms in total. The van der Waals surface area contributed by atoms with Crippen LogP contribution in [0.1, 0.15) is 26.2 Å². The molecule has 1 aliphatic rings. The molecule has 2 unspecified atom stereocenters. The summed E-state index contributed by atoms with van der Waals surface area (Å²) in [6, 6.07) is 0. The Balaban J connectivity index is 2.68. The number of alkyl halides is 5. The summed E-state index contributed by atoms with van der Waals surface area (Å²) in [7, 11) is -6.59. The van der Waals surface area contributed by atoms with Crippen LogP contribution in [0.15, 0.2) is 0 Å². The van der Waals surface area contributed by atoms with Crippen LogP contribution in [0.3, 0.4) is 0 Å². The van der Waals surface area contributed by atoms with Crippen molar-refractivity contribution in [1.29, 1.82) is 0 Å². The van der Waals surface area contributed by atoms with Crippen LogP contribution in [0.25, 0.3) is 0 Å². The van der Waals surface area contributed by atoms with Crippen LogP contribution in [0.4, 0.5) is 22.0 Å². The largest absolute Gasteiger partial charge is 0.452 e. The highest BCUT2D eigenvalue weighted by molar-refractivity contribution is 7.86. The number of hydrogen-bond acceptors (Lipinski definition) is 8. The van der Waals surface area contributed by atoms with Gasteiger partial charge in [-0.15, -0.1) is 0 Å². The first-order valence-corrected chi connectivity index (χ1v) is 9.05. The number of esters is 2. The van der Waals surface area contributed by atoms with Gasteiger partial charge in [-0.2, -0.15) is 30.4 Å². The fraction of sp³-hybridized carbons (Fsp3) is 0.692. The van der Waals surface area contributed by atoms with E-state index in [1.54, 1.807) is 0 Å². The van der Waals surface area contributed by atoms with Crippen molar-refractivity contribution in [2.24, 2.45) is 0 Å². The number of rotatable bonds is 7. The zero-order chi connectivity index (χ0) is 22.8. The number of carbonyl (C=O) groups excluding carboxylic acids is 4. The molecule has 1 heterocycles. The van der Waals surface area contributed by atoms with Crippen molar-refractivity contribution in [2.45, 2.75) is 49.8 Å². The normalized spacial score (nSPS) is 19.1. The molecule has 2 atom stereocenters. The average Bonchev–Trinajstić information content (AvgIpc) is 2.89. The molecule has 0 aromatic rings. The molecule has 29 heavy (non-hydrogen) atoms. The second kappa shape index (κ2) is 8.56. The molecule has 2 amide bonds. The van der Waals surface area contributed by atoms with Crippen LogP contribution >= 0.6 is 0 Å². The van der Waals surface area contributed by atoms with Crippen LogP contribution in [0.2, 0.25) is 0 Å². The van der Waals surface area contributed by atoms with E-state index in [4.69, 9.17) is 4.55 Å². The van der Waals surface area contributed by atoms with Gasteiger partial charge in [-0.25, -0.2) is 0 Å². The highest BCUT2D eigenvalue weighted by Gasteiger charge is 2.66. The summed E-state index contributed by atoms with van der Waals surface area (Å²) in [6.07, 6.45) is -14.2. The predicted octanol–water partition coefficient (Wildman–Crippen LogP) is 0.412. The molecule has 16 heteroatoms. The minimum Gasteiger partial charge on any atom is -0.452 e. The van der Waals surface area contributed by atoms with Crippen LogP contribution in [-0.2, 0) is 38.8 Å². The molecule has 0 aromatic carbocycles. The molecule has 166 valence electrons. The molecule has 0 radical (unpaired) electrons. The third-order valence-corrected chi connectivity index (χ3v) is 4.44. The third-order valence-electron chi connectivity index (χ3n) is 3.54. The standard InChI is InChI=1S/C13H14F5NO9S/c1-6(20)19-5-4-7(10(19)23)27-8(21)2-3-9(22)28-11(12(14,15)16)13(17,18)29(24,25)26/h7,11H,2-5H2,1H3,(H,24,25,26). The Kier molecular flexibility index (Phi) is 7.29. The highest BCUT2D eigenvalue weighted by Crippen LogP contribution is 2.38. The van der Waals surface area contributed by atoms with Crippen LogP contribution in [0, 0.1) is 0 Å². The molecule has 0 spiro atoms. The molecule has 1 saturated heterocycles. The van der Waals surface area contributed by atoms with Gasteiger partial charge in [-0.1, -0.05) is 0 Å². The molecule has 1 aliphatic heterocycles. The smallest absolute Gasteiger partial charge is 0.432 e. The van der Waals surface area contributed by atoms with E-state index < -0.39 is 70.4 Å². The lowest BCUT2D eigenvalue weighted by molar-refractivity contribution is -0.259. The predicted molar refractivity (Wildman–Crippen MR) is 78.6 cm³/mol. The lowest BCUT2D eigenvalue weighted by Crippen LogP contribution is -2.52. The highest BCUT2D eigenvalue weighted by atomic mass is 32.2. The molecule has 1 fully saturated rings. The molecular weight excluding hydrogens is 441 g/mol. The van der Waals surface area contributed by atoms with Crippen molar-refractivity contribution >= 4 is 33.9 Å².